The maximum Gasteiger partial charge on any atom is 0.356 e. The summed E-state index contributed by atoms with van der Waals surface area (Å²) in [6.45, 7) is 1.67. The van der Waals surface area contributed by atoms with E-state index in [1.54, 1.807) is 14.0 Å². The molecule has 1 aromatic rings. The monoisotopic (exact) mass is 155 g/mol. The molecular weight excluding hydrogens is 146 g/mol. The Balaban J connectivity index is 3.34. The van der Waals surface area contributed by atoms with Crippen molar-refractivity contribution in [1.29, 1.82) is 0 Å². The number of carboxylic acid groups (broad SMARTS) is 1. The number of nitrogens with two attached hydrogens (primary N) is 1. The molecule has 11 heavy (non-hydrogen) atoms. The number of hydrogen-bond acceptors (Lipinski definition) is 3. The first kappa shape index (κ1) is 7.59. The smallest absolute Gasteiger partial charge is 0.356 e. The molecule has 0 spiro atoms. The van der Waals surface area contributed by atoms with Gasteiger partial charge in [-0.25, -0.2) is 4.79 Å². The van der Waals surface area contributed by atoms with Crippen LogP contribution >= 0.6 is 0 Å². The molecule has 1 aromatic heterocycles. The van der Waals surface area contributed by atoms with Gasteiger partial charge in [-0.3, -0.25) is 4.68 Å². The number of carbonyl (C=O) groups is 1. The molecule has 0 aliphatic rings. The summed E-state index contributed by atoms with van der Waals surface area (Å²) in [7, 11) is 1.55. The van der Waals surface area contributed by atoms with E-state index in [2.05, 4.69) is 5.10 Å². The summed E-state index contributed by atoms with van der Waals surface area (Å²) in [5, 5.41) is 12.5. The van der Waals surface area contributed by atoms with E-state index in [1.165, 1.54) is 4.68 Å². The second-order valence-corrected chi connectivity index (χ2v) is 2.28. The fraction of sp³-hybridized carbons (Fsp3) is 0.333. The first-order valence-electron chi connectivity index (χ1n) is 3.06. The lowest BCUT2D eigenvalue weighted by atomic mass is 10.3. The zero-order valence-corrected chi connectivity index (χ0v) is 6.33. The minimum Gasteiger partial charge on any atom is -0.476 e. The minimum absolute atomic E-state index is 0.0440. The Morgan fingerprint density at radius 1 is 1.73 bits per heavy atom. The highest BCUT2D eigenvalue weighted by molar-refractivity contribution is 5.92. The molecule has 0 radical (unpaired) electrons. The van der Waals surface area contributed by atoms with E-state index in [1.807, 2.05) is 0 Å². The first-order valence-corrected chi connectivity index (χ1v) is 3.06. The van der Waals surface area contributed by atoms with Crippen LogP contribution in [0.25, 0.3) is 0 Å². The van der Waals surface area contributed by atoms with Gasteiger partial charge >= 0.3 is 5.97 Å². The summed E-state index contributed by atoms with van der Waals surface area (Å²) >= 11 is 0. The Bertz CT molecular complexity index is 303. The van der Waals surface area contributed by atoms with Gasteiger partial charge < -0.3 is 10.8 Å². The molecule has 0 saturated heterocycles. The first-order chi connectivity index (χ1) is 5.04. The molecule has 0 fully saturated rings. The number of anilines is 1. The molecule has 5 heteroatoms. The van der Waals surface area contributed by atoms with Crippen LogP contribution in [-0.2, 0) is 7.05 Å². The van der Waals surface area contributed by atoms with Gasteiger partial charge in [0.05, 0.1) is 11.4 Å². The number of rotatable bonds is 1. The van der Waals surface area contributed by atoms with Gasteiger partial charge in [0.1, 0.15) is 0 Å². The van der Waals surface area contributed by atoms with Crippen molar-refractivity contribution >= 4 is 11.7 Å². The van der Waals surface area contributed by atoms with Crippen molar-refractivity contribution in [3.05, 3.63) is 11.4 Å². The van der Waals surface area contributed by atoms with E-state index >= 15 is 0 Å². The molecule has 0 unspecified atom stereocenters. The van der Waals surface area contributed by atoms with E-state index in [0.717, 1.165) is 0 Å². The van der Waals surface area contributed by atoms with E-state index < -0.39 is 5.97 Å². The van der Waals surface area contributed by atoms with Crippen LogP contribution in [0.1, 0.15) is 16.2 Å². The molecule has 0 saturated carbocycles. The van der Waals surface area contributed by atoms with Crippen LogP contribution in [0.5, 0.6) is 0 Å². The molecule has 0 amide bonds. The van der Waals surface area contributed by atoms with Crippen LogP contribution in [0.15, 0.2) is 0 Å². The highest BCUT2D eigenvalue weighted by Gasteiger charge is 2.15. The number of carboxylic acids is 1. The highest BCUT2D eigenvalue weighted by Crippen LogP contribution is 2.14. The fourth-order valence-corrected chi connectivity index (χ4v) is 0.928. The number of aromatic nitrogens is 2. The summed E-state index contributed by atoms with van der Waals surface area (Å²) < 4.78 is 1.26. The van der Waals surface area contributed by atoms with Gasteiger partial charge in [-0.2, -0.15) is 5.10 Å². The Labute approximate surface area is 63.4 Å². The average molecular weight is 155 g/mol. The van der Waals surface area contributed by atoms with Crippen LogP contribution in [0.3, 0.4) is 0 Å². The van der Waals surface area contributed by atoms with Crippen LogP contribution in [0.4, 0.5) is 5.69 Å². The predicted molar refractivity (Wildman–Crippen MR) is 39.3 cm³/mol. The molecule has 60 valence electrons. The normalized spacial score (nSPS) is 10.0. The summed E-state index contributed by atoms with van der Waals surface area (Å²) in [6, 6.07) is 0. The number of aromatic carboxylic acids is 1. The van der Waals surface area contributed by atoms with Crippen molar-refractivity contribution in [3.63, 3.8) is 0 Å². The van der Waals surface area contributed by atoms with Gasteiger partial charge in [0, 0.05) is 7.05 Å². The Morgan fingerprint density at radius 2 is 2.27 bits per heavy atom. The van der Waals surface area contributed by atoms with E-state index in [0.29, 0.717) is 5.69 Å². The number of nitrogen functional groups attached to an aromatic ring is 1. The second kappa shape index (κ2) is 2.26. The summed E-state index contributed by atoms with van der Waals surface area (Å²) in [5.74, 6) is -1.05. The lowest BCUT2D eigenvalue weighted by molar-refractivity contribution is 0.0686. The van der Waals surface area contributed by atoms with Gasteiger partial charge in [-0.15, -0.1) is 0 Å². The van der Waals surface area contributed by atoms with Gasteiger partial charge in [0.25, 0.3) is 0 Å². The molecule has 3 N–H and O–H groups in total. The summed E-state index contributed by atoms with van der Waals surface area (Å²) in [6.07, 6.45) is 0. The van der Waals surface area contributed by atoms with Crippen molar-refractivity contribution in [1.82, 2.24) is 9.78 Å². The Kier molecular flexibility index (Phi) is 1.56. The number of nitrogens with zero attached hydrogens (tertiary/aromatic N) is 2. The van der Waals surface area contributed by atoms with Crippen LogP contribution in [0, 0.1) is 6.92 Å². The van der Waals surface area contributed by atoms with Gasteiger partial charge in [-0.05, 0) is 6.92 Å². The zero-order chi connectivity index (χ0) is 8.59. The lowest BCUT2D eigenvalue weighted by Gasteiger charge is -1.94. The molecule has 1 heterocycles. The van der Waals surface area contributed by atoms with Crippen molar-refractivity contribution in [2.75, 3.05) is 5.73 Å². The number of aryl methyl sites for hydroxylation is 2. The minimum atomic E-state index is -1.05. The molecule has 0 bridgehead atoms. The summed E-state index contributed by atoms with van der Waals surface area (Å²) in [4.78, 5) is 10.5. The third-order valence-electron chi connectivity index (χ3n) is 1.47. The van der Waals surface area contributed by atoms with E-state index in [-0.39, 0.29) is 11.4 Å². The van der Waals surface area contributed by atoms with Crippen LogP contribution < -0.4 is 5.73 Å². The zero-order valence-electron chi connectivity index (χ0n) is 6.33. The molecule has 0 aliphatic heterocycles. The second-order valence-electron chi connectivity index (χ2n) is 2.28. The molecule has 1 rings (SSSR count). The van der Waals surface area contributed by atoms with Crippen LogP contribution in [0.2, 0.25) is 0 Å². The van der Waals surface area contributed by atoms with Crippen molar-refractivity contribution < 1.29 is 9.90 Å². The average Bonchev–Trinajstić information content (AvgIpc) is 2.07. The van der Waals surface area contributed by atoms with Gasteiger partial charge in [0.15, 0.2) is 5.69 Å². The van der Waals surface area contributed by atoms with Gasteiger partial charge in [-0.1, -0.05) is 0 Å². The fourth-order valence-electron chi connectivity index (χ4n) is 0.928. The maximum atomic E-state index is 10.5. The topological polar surface area (TPSA) is 81.1 Å². The molecule has 0 aliphatic carbocycles. The van der Waals surface area contributed by atoms with Crippen LogP contribution in [-0.4, -0.2) is 20.9 Å². The number of hydrogen-bond donors (Lipinski definition) is 2. The summed E-state index contributed by atoms with van der Waals surface area (Å²) in [5.41, 5.74) is 6.27. The molecule has 0 aromatic carbocycles. The maximum absolute atomic E-state index is 10.5. The largest absolute Gasteiger partial charge is 0.476 e. The molecule has 0 atom stereocenters. The third kappa shape index (κ3) is 1.04. The van der Waals surface area contributed by atoms with Gasteiger partial charge in [0.2, 0.25) is 0 Å². The third-order valence-corrected chi connectivity index (χ3v) is 1.47. The predicted octanol–water partition coefficient (Wildman–Crippen LogP) is 0.00892. The highest BCUT2D eigenvalue weighted by atomic mass is 16.4. The Morgan fingerprint density at radius 3 is 2.45 bits per heavy atom. The Hall–Kier alpha value is -1.52. The molecule has 5 nitrogen and oxygen atoms in total. The standard InChI is InChI=1S/C6H9N3O2/c1-3-4(7)5(6(10)11)9(2)8-3/h7H2,1-2H3,(H,10,11). The van der Waals surface area contributed by atoms with E-state index in [4.69, 9.17) is 10.8 Å². The van der Waals surface area contributed by atoms with Crippen molar-refractivity contribution in [2.45, 2.75) is 6.92 Å². The van der Waals surface area contributed by atoms with E-state index in [9.17, 15) is 4.79 Å². The lowest BCUT2D eigenvalue weighted by Crippen LogP contribution is -2.07. The SMILES string of the molecule is Cc1nn(C)c(C(=O)O)c1N. The van der Waals surface area contributed by atoms with Crippen molar-refractivity contribution in [2.24, 2.45) is 7.05 Å². The molecular formula is C6H9N3O2. The quantitative estimate of drug-likeness (QED) is 0.598. The van der Waals surface area contributed by atoms with Crippen molar-refractivity contribution in [3.8, 4) is 0 Å².